The van der Waals surface area contributed by atoms with E-state index in [4.69, 9.17) is 14.6 Å². The molecule has 1 aliphatic rings. The number of pyridine rings is 1. The van der Waals surface area contributed by atoms with Crippen molar-refractivity contribution in [3.8, 4) is 5.75 Å². The minimum atomic E-state index is -0.250. The van der Waals surface area contributed by atoms with Crippen molar-refractivity contribution in [2.24, 2.45) is 0 Å². The molecular formula is C14H14FNO3. The Hall–Kier alpha value is -2.17. The predicted molar refractivity (Wildman–Crippen MR) is 68.7 cm³/mol. The van der Waals surface area contributed by atoms with E-state index >= 15 is 0 Å². The fraction of sp³-hybridized carbons (Fsp3) is 0.286. The molecule has 1 aliphatic carbocycles. The molecule has 1 N–H and O–H groups in total. The van der Waals surface area contributed by atoms with Crippen molar-refractivity contribution >= 4 is 17.4 Å². The first kappa shape index (κ1) is 13.3. The van der Waals surface area contributed by atoms with E-state index in [9.17, 15) is 4.39 Å². The molecule has 0 radical (unpaired) electrons. The molecule has 3 rings (SSSR count). The lowest BCUT2D eigenvalue weighted by molar-refractivity contribution is -0.122. The van der Waals surface area contributed by atoms with Gasteiger partial charge in [-0.3, -0.25) is 9.78 Å². The van der Waals surface area contributed by atoms with Gasteiger partial charge in [-0.25, -0.2) is 4.39 Å². The van der Waals surface area contributed by atoms with Crippen LogP contribution in [0.15, 0.2) is 30.5 Å². The summed E-state index contributed by atoms with van der Waals surface area (Å²) < 4.78 is 19.3. The molecule has 4 nitrogen and oxygen atoms in total. The minimum Gasteiger partial charge on any atom is -0.488 e. The number of hydrogen-bond donors (Lipinski definition) is 1. The van der Waals surface area contributed by atoms with Crippen LogP contribution >= 0.6 is 0 Å². The van der Waals surface area contributed by atoms with Crippen LogP contribution in [0.4, 0.5) is 4.39 Å². The van der Waals surface area contributed by atoms with Crippen molar-refractivity contribution in [3.63, 3.8) is 0 Å². The molecule has 1 aromatic heterocycles. The standard InChI is InChI=1S/C13H12FNO.CH2O2/c14-11-6-7-12(16-9-3-1-4-9)13-10(11)5-2-8-15-13;2-1-3/h2,5-9H,1,3-4H2;1H,(H,2,3). The average molecular weight is 263 g/mol. The van der Waals surface area contributed by atoms with Crippen molar-refractivity contribution in [2.75, 3.05) is 0 Å². The van der Waals surface area contributed by atoms with Gasteiger partial charge in [-0.15, -0.1) is 0 Å². The first-order valence-corrected chi connectivity index (χ1v) is 6.04. The molecule has 2 aromatic rings. The minimum absolute atomic E-state index is 0.246. The van der Waals surface area contributed by atoms with E-state index in [-0.39, 0.29) is 18.4 Å². The quantitative estimate of drug-likeness (QED) is 0.846. The Bertz CT molecular complexity index is 570. The third kappa shape index (κ3) is 2.99. The maximum atomic E-state index is 13.5. The summed E-state index contributed by atoms with van der Waals surface area (Å²) in [4.78, 5) is 12.5. The molecule has 0 atom stereocenters. The number of hydrogen-bond acceptors (Lipinski definition) is 3. The van der Waals surface area contributed by atoms with E-state index < -0.39 is 0 Å². The fourth-order valence-corrected chi connectivity index (χ4v) is 1.88. The number of fused-ring (bicyclic) bond motifs is 1. The molecule has 0 aliphatic heterocycles. The second-order valence-corrected chi connectivity index (χ2v) is 4.22. The summed E-state index contributed by atoms with van der Waals surface area (Å²) in [5.41, 5.74) is 0.620. The number of carbonyl (C=O) groups is 1. The number of carboxylic acid groups (broad SMARTS) is 1. The zero-order valence-electron chi connectivity index (χ0n) is 10.3. The van der Waals surface area contributed by atoms with Crippen LogP contribution in [0.3, 0.4) is 0 Å². The van der Waals surface area contributed by atoms with Crippen LogP contribution in [0.2, 0.25) is 0 Å². The molecule has 0 amide bonds. The second kappa shape index (κ2) is 6.13. The van der Waals surface area contributed by atoms with E-state index in [0.717, 1.165) is 12.8 Å². The summed E-state index contributed by atoms with van der Waals surface area (Å²) in [6.45, 7) is -0.250. The summed E-state index contributed by atoms with van der Waals surface area (Å²) in [6.07, 6.45) is 5.35. The first-order chi connectivity index (χ1) is 9.26. The molecule has 1 heterocycles. The Morgan fingerprint density at radius 1 is 1.37 bits per heavy atom. The predicted octanol–water partition coefficient (Wildman–Crippen LogP) is 3.01. The number of ether oxygens (including phenoxy) is 1. The molecule has 1 saturated carbocycles. The Labute approximate surface area is 109 Å². The number of benzene rings is 1. The lowest BCUT2D eigenvalue weighted by Crippen LogP contribution is -2.24. The van der Waals surface area contributed by atoms with Crippen molar-refractivity contribution in [3.05, 3.63) is 36.3 Å². The first-order valence-electron chi connectivity index (χ1n) is 6.04. The monoisotopic (exact) mass is 263 g/mol. The lowest BCUT2D eigenvalue weighted by Gasteiger charge is -2.26. The van der Waals surface area contributed by atoms with Crippen LogP contribution in [0.25, 0.3) is 10.9 Å². The van der Waals surface area contributed by atoms with E-state index in [1.807, 2.05) is 0 Å². The molecule has 0 saturated heterocycles. The van der Waals surface area contributed by atoms with Gasteiger partial charge in [-0.1, -0.05) is 0 Å². The van der Waals surface area contributed by atoms with Gasteiger partial charge in [0.2, 0.25) is 0 Å². The highest BCUT2D eigenvalue weighted by atomic mass is 19.1. The zero-order chi connectivity index (χ0) is 13.7. The molecule has 0 bridgehead atoms. The van der Waals surface area contributed by atoms with E-state index in [1.165, 1.54) is 12.5 Å². The van der Waals surface area contributed by atoms with Gasteiger partial charge in [0.25, 0.3) is 6.47 Å². The highest BCUT2D eigenvalue weighted by Crippen LogP contribution is 2.30. The van der Waals surface area contributed by atoms with Gasteiger partial charge >= 0.3 is 0 Å². The third-order valence-corrected chi connectivity index (χ3v) is 3.03. The van der Waals surface area contributed by atoms with Crippen molar-refractivity contribution in [1.29, 1.82) is 0 Å². The van der Waals surface area contributed by atoms with E-state index in [0.29, 0.717) is 16.7 Å². The SMILES string of the molecule is Fc1ccc(OC2CCC2)c2ncccc12.O=CO. The molecule has 0 unspecified atom stereocenters. The Morgan fingerprint density at radius 3 is 2.74 bits per heavy atom. The van der Waals surface area contributed by atoms with Gasteiger partial charge in [-0.05, 0) is 43.5 Å². The van der Waals surface area contributed by atoms with Crippen molar-refractivity contribution in [1.82, 2.24) is 4.98 Å². The largest absolute Gasteiger partial charge is 0.488 e. The van der Waals surface area contributed by atoms with Gasteiger partial charge in [-0.2, -0.15) is 0 Å². The normalized spacial score (nSPS) is 14.2. The molecular weight excluding hydrogens is 249 g/mol. The summed E-state index contributed by atoms with van der Waals surface area (Å²) in [5, 5.41) is 7.42. The Morgan fingerprint density at radius 2 is 2.11 bits per heavy atom. The third-order valence-electron chi connectivity index (χ3n) is 3.03. The van der Waals surface area contributed by atoms with Gasteiger partial charge < -0.3 is 9.84 Å². The smallest absolute Gasteiger partial charge is 0.290 e. The highest BCUT2D eigenvalue weighted by molar-refractivity contribution is 5.84. The van der Waals surface area contributed by atoms with Crippen LogP contribution in [0, 0.1) is 5.82 Å². The zero-order valence-corrected chi connectivity index (χ0v) is 10.3. The number of rotatable bonds is 2. The molecule has 1 aromatic carbocycles. The van der Waals surface area contributed by atoms with Crippen LogP contribution in [-0.2, 0) is 4.79 Å². The van der Waals surface area contributed by atoms with Gasteiger partial charge in [0.05, 0.1) is 6.10 Å². The molecule has 100 valence electrons. The number of nitrogens with zero attached hydrogens (tertiary/aromatic N) is 1. The second-order valence-electron chi connectivity index (χ2n) is 4.22. The molecule has 1 fully saturated rings. The van der Waals surface area contributed by atoms with Gasteiger partial charge in [0, 0.05) is 11.6 Å². The van der Waals surface area contributed by atoms with Gasteiger partial charge in [0.1, 0.15) is 17.1 Å². The summed E-state index contributed by atoms with van der Waals surface area (Å²) in [7, 11) is 0. The van der Waals surface area contributed by atoms with Crippen LogP contribution < -0.4 is 4.74 Å². The lowest BCUT2D eigenvalue weighted by atomic mass is 9.96. The van der Waals surface area contributed by atoms with Crippen LogP contribution in [-0.4, -0.2) is 22.7 Å². The van der Waals surface area contributed by atoms with Crippen LogP contribution in [0.5, 0.6) is 5.75 Å². The maximum absolute atomic E-state index is 13.5. The Balaban J connectivity index is 0.000000408. The van der Waals surface area contributed by atoms with E-state index in [1.54, 1.807) is 24.4 Å². The highest BCUT2D eigenvalue weighted by Gasteiger charge is 2.20. The molecule has 19 heavy (non-hydrogen) atoms. The summed E-state index contributed by atoms with van der Waals surface area (Å²) in [5.74, 6) is 0.450. The summed E-state index contributed by atoms with van der Waals surface area (Å²) in [6, 6.07) is 6.57. The summed E-state index contributed by atoms with van der Waals surface area (Å²) >= 11 is 0. The fourth-order valence-electron chi connectivity index (χ4n) is 1.88. The topological polar surface area (TPSA) is 59.4 Å². The number of halogens is 1. The van der Waals surface area contributed by atoms with E-state index in [2.05, 4.69) is 4.98 Å². The molecule has 5 heteroatoms. The van der Waals surface area contributed by atoms with Crippen molar-refractivity contribution in [2.45, 2.75) is 25.4 Å². The maximum Gasteiger partial charge on any atom is 0.290 e. The number of aromatic nitrogens is 1. The Kier molecular flexibility index (Phi) is 4.28. The molecule has 0 spiro atoms. The van der Waals surface area contributed by atoms with Crippen LogP contribution in [0.1, 0.15) is 19.3 Å². The van der Waals surface area contributed by atoms with Gasteiger partial charge in [0.15, 0.2) is 0 Å². The average Bonchev–Trinajstić information content (AvgIpc) is 2.37. The van der Waals surface area contributed by atoms with Crippen molar-refractivity contribution < 1.29 is 19.0 Å².